The van der Waals surface area contributed by atoms with Gasteiger partial charge in [0.15, 0.2) is 10.8 Å². The van der Waals surface area contributed by atoms with Crippen LogP contribution < -0.4 is 5.32 Å². The zero-order chi connectivity index (χ0) is 16.5. The standard InChI is InChI=1S/C17H11ClN4OS/c18-11-4-3-5-12(10-11)22-9-8-14(21-22)16(23)20-17-19-13-6-1-2-7-15(13)24-17/h1-10H,(H,19,20,23). The Morgan fingerprint density at radius 1 is 1.12 bits per heavy atom. The van der Waals surface area contributed by atoms with E-state index >= 15 is 0 Å². The molecule has 2 aromatic heterocycles. The van der Waals surface area contributed by atoms with Crippen molar-refractivity contribution < 1.29 is 4.79 Å². The van der Waals surface area contributed by atoms with Crippen molar-refractivity contribution in [2.75, 3.05) is 5.32 Å². The van der Waals surface area contributed by atoms with Crippen molar-refractivity contribution in [2.24, 2.45) is 0 Å². The van der Waals surface area contributed by atoms with E-state index in [2.05, 4.69) is 15.4 Å². The maximum Gasteiger partial charge on any atom is 0.277 e. The number of rotatable bonds is 3. The third-order valence-electron chi connectivity index (χ3n) is 3.41. The molecule has 1 N–H and O–H groups in total. The number of nitrogens with one attached hydrogen (secondary N) is 1. The van der Waals surface area contributed by atoms with Gasteiger partial charge in [-0.05, 0) is 36.4 Å². The van der Waals surface area contributed by atoms with E-state index in [0.717, 1.165) is 15.9 Å². The number of fused-ring (bicyclic) bond motifs is 1. The van der Waals surface area contributed by atoms with Crippen LogP contribution in [0.15, 0.2) is 60.8 Å². The highest BCUT2D eigenvalue weighted by Gasteiger charge is 2.13. The molecule has 4 rings (SSSR count). The van der Waals surface area contributed by atoms with Crippen molar-refractivity contribution in [1.82, 2.24) is 14.8 Å². The summed E-state index contributed by atoms with van der Waals surface area (Å²) in [5.74, 6) is -0.296. The van der Waals surface area contributed by atoms with Gasteiger partial charge in [-0.25, -0.2) is 9.67 Å². The SMILES string of the molecule is O=C(Nc1nc2ccccc2s1)c1ccn(-c2cccc(Cl)c2)n1. The van der Waals surface area contributed by atoms with Gasteiger partial charge in [0.05, 0.1) is 15.9 Å². The van der Waals surface area contributed by atoms with Gasteiger partial charge >= 0.3 is 0 Å². The number of aromatic nitrogens is 3. The molecule has 4 aromatic rings. The molecule has 7 heteroatoms. The average molecular weight is 355 g/mol. The summed E-state index contributed by atoms with van der Waals surface area (Å²) in [4.78, 5) is 16.7. The number of benzene rings is 2. The van der Waals surface area contributed by atoms with Gasteiger partial charge in [0.25, 0.3) is 5.91 Å². The van der Waals surface area contributed by atoms with E-state index in [1.54, 1.807) is 29.1 Å². The highest BCUT2D eigenvalue weighted by molar-refractivity contribution is 7.22. The number of thiazole rings is 1. The van der Waals surface area contributed by atoms with E-state index < -0.39 is 0 Å². The van der Waals surface area contributed by atoms with Crippen LogP contribution in [-0.2, 0) is 0 Å². The minimum Gasteiger partial charge on any atom is -0.296 e. The van der Waals surface area contributed by atoms with E-state index in [4.69, 9.17) is 11.6 Å². The summed E-state index contributed by atoms with van der Waals surface area (Å²) in [5.41, 5.74) is 1.97. The van der Waals surface area contributed by atoms with Crippen molar-refractivity contribution in [2.45, 2.75) is 0 Å². The largest absolute Gasteiger partial charge is 0.296 e. The molecule has 0 saturated heterocycles. The van der Waals surface area contributed by atoms with Gasteiger partial charge in [0, 0.05) is 11.2 Å². The molecule has 2 heterocycles. The number of nitrogens with zero attached hydrogens (tertiary/aromatic N) is 3. The van der Waals surface area contributed by atoms with Gasteiger partial charge in [-0.1, -0.05) is 41.1 Å². The highest BCUT2D eigenvalue weighted by atomic mass is 35.5. The molecule has 0 aliphatic heterocycles. The van der Waals surface area contributed by atoms with Crippen LogP contribution in [-0.4, -0.2) is 20.7 Å². The Labute approximate surface area is 146 Å². The summed E-state index contributed by atoms with van der Waals surface area (Å²) in [7, 11) is 0. The Hall–Kier alpha value is -2.70. The highest BCUT2D eigenvalue weighted by Crippen LogP contribution is 2.25. The maximum absolute atomic E-state index is 12.4. The average Bonchev–Trinajstić information content (AvgIpc) is 3.21. The number of carbonyl (C=O) groups excluding carboxylic acids is 1. The van der Waals surface area contributed by atoms with E-state index in [0.29, 0.717) is 15.8 Å². The van der Waals surface area contributed by atoms with Crippen molar-refractivity contribution in [3.8, 4) is 5.69 Å². The van der Waals surface area contributed by atoms with E-state index in [9.17, 15) is 4.79 Å². The van der Waals surface area contributed by atoms with Crippen LogP contribution in [0.5, 0.6) is 0 Å². The number of carbonyl (C=O) groups is 1. The number of para-hydroxylation sites is 1. The zero-order valence-electron chi connectivity index (χ0n) is 12.3. The fourth-order valence-electron chi connectivity index (χ4n) is 2.29. The Morgan fingerprint density at radius 3 is 2.83 bits per heavy atom. The number of anilines is 1. The molecule has 0 radical (unpaired) electrons. The molecule has 0 fully saturated rings. The minimum atomic E-state index is -0.296. The lowest BCUT2D eigenvalue weighted by atomic mass is 10.3. The lowest BCUT2D eigenvalue weighted by Crippen LogP contribution is -2.13. The van der Waals surface area contributed by atoms with Crippen molar-refractivity contribution in [1.29, 1.82) is 0 Å². The van der Waals surface area contributed by atoms with Gasteiger partial charge in [-0.15, -0.1) is 0 Å². The minimum absolute atomic E-state index is 0.296. The molecule has 2 aromatic carbocycles. The smallest absolute Gasteiger partial charge is 0.277 e. The van der Waals surface area contributed by atoms with Gasteiger partial charge in [-0.3, -0.25) is 10.1 Å². The van der Waals surface area contributed by atoms with Gasteiger partial charge in [0.2, 0.25) is 0 Å². The van der Waals surface area contributed by atoms with Crippen molar-refractivity contribution >= 4 is 44.2 Å². The lowest BCUT2D eigenvalue weighted by molar-refractivity contribution is 0.102. The lowest BCUT2D eigenvalue weighted by Gasteiger charge is -2.01. The van der Waals surface area contributed by atoms with Crippen LogP contribution in [0.25, 0.3) is 15.9 Å². The van der Waals surface area contributed by atoms with Crippen LogP contribution in [0.3, 0.4) is 0 Å². The second-order valence-electron chi connectivity index (χ2n) is 5.07. The summed E-state index contributed by atoms with van der Waals surface area (Å²) < 4.78 is 2.64. The predicted octanol–water partition coefficient (Wildman–Crippen LogP) is 4.39. The molecule has 0 spiro atoms. The Morgan fingerprint density at radius 2 is 2.00 bits per heavy atom. The number of hydrogen-bond acceptors (Lipinski definition) is 4. The molecule has 0 unspecified atom stereocenters. The maximum atomic E-state index is 12.4. The molecule has 0 bridgehead atoms. The molecule has 1 amide bonds. The molecule has 118 valence electrons. The molecular weight excluding hydrogens is 344 g/mol. The molecule has 0 aliphatic rings. The summed E-state index contributed by atoms with van der Waals surface area (Å²) in [5, 5.41) is 8.25. The quantitative estimate of drug-likeness (QED) is 0.593. The van der Waals surface area contributed by atoms with E-state index in [1.165, 1.54) is 11.3 Å². The van der Waals surface area contributed by atoms with Gasteiger partial charge in [0.1, 0.15) is 0 Å². The summed E-state index contributed by atoms with van der Waals surface area (Å²) in [6.07, 6.45) is 1.72. The number of hydrogen-bond donors (Lipinski definition) is 1. The molecule has 0 atom stereocenters. The summed E-state index contributed by atoms with van der Waals surface area (Å²) in [6.45, 7) is 0. The molecular formula is C17H11ClN4OS. The third-order valence-corrected chi connectivity index (χ3v) is 4.60. The fraction of sp³-hybridized carbons (Fsp3) is 0. The second-order valence-corrected chi connectivity index (χ2v) is 6.53. The fourth-order valence-corrected chi connectivity index (χ4v) is 3.34. The van der Waals surface area contributed by atoms with E-state index in [1.807, 2.05) is 36.4 Å². The molecule has 5 nitrogen and oxygen atoms in total. The second kappa shape index (κ2) is 6.07. The molecule has 0 saturated carbocycles. The summed E-state index contributed by atoms with van der Waals surface area (Å²) >= 11 is 7.41. The zero-order valence-corrected chi connectivity index (χ0v) is 13.9. The Kier molecular flexibility index (Phi) is 3.76. The normalized spacial score (nSPS) is 10.9. The number of amides is 1. The molecule has 24 heavy (non-hydrogen) atoms. The molecule has 0 aliphatic carbocycles. The predicted molar refractivity (Wildman–Crippen MR) is 96.1 cm³/mol. The van der Waals surface area contributed by atoms with Crippen LogP contribution in [0.4, 0.5) is 5.13 Å². The van der Waals surface area contributed by atoms with Crippen LogP contribution in [0.1, 0.15) is 10.5 Å². The third kappa shape index (κ3) is 2.89. The Bertz CT molecular complexity index is 1010. The first-order chi connectivity index (χ1) is 11.7. The monoisotopic (exact) mass is 354 g/mol. The first kappa shape index (κ1) is 14.9. The van der Waals surface area contributed by atoms with E-state index in [-0.39, 0.29) is 5.91 Å². The van der Waals surface area contributed by atoms with Gasteiger partial charge in [-0.2, -0.15) is 5.10 Å². The topological polar surface area (TPSA) is 59.8 Å². The number of halogens is 1. The first-order valence-corrected chi connectivity index (χ1v) is 8.37. The Balaban J connectivity index is 1.56. The first-order valence-electron chi connectivity index (χ1n) is 7.17. The van der Waals surface area contributed by atoms with Crippen LogP contribution >= 0.6 is 22.9 Å². The summed E-state index contributed by atoms with van der Waals surface area (Å²) in [6, 6.07) is 16.7. The van der Waals surface area contributed by atoms with Crippen molar-refractivity contribution in [3.05, 3.63) is 71.5 Å². The van der Waals surface area contributed by atoms with Crippen LogP contribution in [0.2, 0.25) is 5.02 Å². The van der Waals surface area contributed by atoms with Crippen molar-refractivity contribution in [3.63, 3.8) is 0 Å². The van der Waals surface area contributed by atoms with Crippen LogP contribution in [0, 0.1) is 0 Å². The van der Waals surface area contributed by atoms with Gasteiger partial charge < -0.3 is 0 Å².